The van der Waals surface area contributed by atoms with Crippen molar-refractivity contribution in [1.29, 1.82) is 0 Å². The van der Waals surface area contributed by atoms with Crippen molar-refractivity contribution in [3.63, 3.8) is 0 Å². The summed E-state index contributed by atoms with van der Waals surface area (Å²) in [6.07, 6.45) is 7.83. The highest BCUT2D eigenvalue weighted by molar-refractivity contribution is 5.39. The molecule has 1 nitrogen and oxygen atoms in total. The quantitative estimate of drug-likeness (QED) is 0.551. The molecule has 2 aliphatic heterocycles. The van der Waals surface area contributed by atoms with Gasteiger partial charge in [0.25, 0.3) is 0 Å². The van der Waals surface area contributed by atoms with Crippen LogP contribution < -0.4 is 0 Å². The highest BCUT2D eigenvalue weighted by Crippen LogP contribution is 2.53. The van der Waals surface area contributed by atoms with E-state index < -0.39 is 0 Å². The fourth-order valence-corrected chi connectivity index (χ4v) is 3.27. The van der Waals surface area contributed by atoms with Crippen molar-refractivity contribution >= 4 is 0 Å². The molecule has 3 aliphatic rings. The van der Waals surface area contributed by atoms with Gasteiger partial charge in [-0.15, -0.1) is 0 Å². The van der Waals surface area contributed by atoms with E-state index in [0.29, 0.717) is 6.10 Å². The van der Waals surface area contributed by atoms with Gasteiger partial charge in [0.1, 0.15) is 0 Å². The van der Waals surface area contributed by atoms with Crippen LogP contribution in [0, 0.1) is 5.92 Å². The van der Waals surface area contributed by atoms with Crippen LogP contribution in [0.5, 0.6) is 0 Å². The van der Waals surface area contributed by atoms with Gasteiger partial charge in [0.05, 0.1) is 11.7 Å². The largest absolute Gasteiger partial charge is 0.363 e. The standard InChI is InChI=1S/C12H16O/c1-8-7-12-5-3-4-10(12)6-11(13-12)9(8)2/h7,10-11H,2-6H2,1H3/t10-,11+,12+/m1/s1. The second-order valence-corrected chi connectivity index (χ2v) is 4.74. The molecule has 2 fully saturated rings. The minimum absolute atomic E-state index is 0.135. The number of hydrogen-bond donors (Lipinski definition) is 0. The molecular weight excluding hydrogens is 160 g/mol. The number of fused-ring (bicyclic) bond motifs is 1. The molecule has 1 saturated heterocycles. The molecule has 1 spiro atoms. The summed E-state index contributed by atoms with van der Waals surface area (Å²) in [5.74, 6) is 0.784. The van der Waals surface area contributed by atoms with Crippen molar-refractivity contribution in [2.24, 2.45) is 5.92 Å². The van der Waals surface area contributed by atoms with E-state index in [-0.39, 0.29) is 5.60 Å². The van der Waals surface area contributed by atoms with E-state index in [1.54, 1.807) is 0 Å². The minimum Gasteiger partial charge on any atom is -0.363 e. The van der Waals surface area contributed by atoms with Gasteiger partial charge in [0, 0.05) is 0 Å². The molecule has 1 heteroatoms. The van der Waals surface area contributed by atoms with Crippen molar-refractivity contribution in [2.75, 3.05) is 0 Å². The van der Waals surface area contributed by atoms with Gasteiger partial charge in [-0.3, -0.25) is 0 Å². The van der Waals surface area contributed by atoms with Crippen LogP contribution in [0.3, 0.4) is 0 Å². The zero-order valence-electron chi connectivity index (χ0n) is 8.18. The molecule has 1 aliphatic carbocycles. The van der Waals surface area contributed by atoms with Crippen LogP contribution in [0.4, 0.5) is 0 Å². The molecule has 0 amide bonds. The van der Waals surface area contributed by atoms with Crippen molar-refractivity contribution < 1.29 is 4.74 Å². The maximum Gasteiger partial charge on any atom is 0.0905 e. The predicted molar refractivity (Wildman–Crippen MR) is 52.5 cm³/mol. The highest BCUT2D eigenvalue weighted by atomic mass is 16.5. The second-order valence-electron chi connectivity index (χ2n) is 4.74. The van der Waals surface area contributed by atoms with Crippen LogP contribution in [-0.2, 0) is 4.74 Å². The van der Waals surface area contributed by atoms with Crippen LogP contribution >= 0.6 is 0 Å². The maximum absolute atomic E-state index is 6.12. The molecule has 0 aromatic heterocycles. The van der Waals surface area contributed by atoms with Gasteiger partial charge in [0.2, 0.25) is 0 Å². The Labute approximate surface area is 79.5 Å². The average Bonchev–Trinajstić information content (AvgIpc) is 2.54. The van der Waals surface area contributed by atoms with Gasteiger partial charge < -0.3 is 4.74 Å². The lowest BCUT2D eigenvalue weighted by atomic mass is 9.90. The summed E-state index contributed by atoms with van der Waals surface area (Å²) < 4.78 is 6.12. The molecule has 0 aromatic carbocycles. The third kappa shape index (κ3) is 0.859. The Kier molecular flexibility index (Phi) is 1.36. The SMILES string of the molecule is C=C1C(C)=C[C@@]23CCC[C@@H]2C[C@@H]1O3. The molecule has 13 heavy (non-hydrogen) atoms. The summed E-state index contributed by atoms with van der Waals surface area (Å²) in [7, 11) is 0. The van der Waals surface area contributed by atoms with Crippen LogP contribution in [0.15, 0.2) is 23.8 Å². The smallest absolute Gasteiger partial charge is 0.0905 e. The molecule has 2 heterocycles. The van der Waals surface area contributed by atoms with Gasteiger partial charge in [-0.25, -0.2) is 0 Å². The molecule has 1 saturated carbocycles. The third-order valence-corrected chi connectivity index (χ3v) is 4.03. The number of rotatable bonds is 0. The molecule has 0 radical (unpaired) electrons. The first-order valence-electron chi connectivity index (χ1n) is 5.28. The van der Waals surface area contributed by atoms with Gasteiger partial charge in [-0.05, 0) is 55.7 Å². The van der Waals surface area contributed by atoms with Crippen LogP contribution in [0.1, 0.15) is 32.6 Å². The zero-order chi connectivity index (χ0) is 9.05. The minimum atomic E-state index is 0.135. The summed E-state index contributed by atoms with van der Waals surface area (Å²) in [5, 5.41) is 0. The van der Waals surface area contributed by atoms with Crippen molar-refractivity contribution in [3.8, 4) is 0 Å². The Morgan fingerprint density at radius 2 is 2.46 bits per heavy atom. The predicted octanol–water partition coefficient (Wildman–Crippen LogP) is 2.83. The average molecular weight is 176 g/mol. The second kappa shape index (κ2) is 2.27. The van der Waals surface area contributed by atoms with E-state index in [9.17, 15) is 0 Å². The normalized spacial score (nSPS) is 47.8. The van der Waals surface area contributed by atoms with Crippen LogP contribution in [-0.4, -0.2) is 11.7 Å². The van der Waals surface area contributed by atoms with Gasteiger partial charge in [-0.1, -0.05) is 6.58 Å². The molecule has 0 aromatic rings. The van der Waals surface area contributed by atoms with E-state index >= 15 is 0 Å². The first-order valence-corrected chi connectivity index (χ1v) is 5.28. The van der Waals surface area contributed by atoms with Gasteiger partial charge in [-0.2, -0.15) is 0 Å². The lowest BCUT2D eigenvalue weighted by Gasteiger charge is -2.31. The first-order chi connectivity index (χ1) is 6.21. The molecule has 70 valence electrons. The van der Waals surface area contributed by atoms with E-state index in [1.807, 2.05) is 0 Å². The molecule has 0 N–H and O–H groups in total. The zero-order valence-corrected chi connectivity index (χ0v) is 8.18. The van der Waals surface area contributed by atoms with E-state index in [1.165, 1.54) is 36.8 Å². The van der Waals surface area contributed by atoms with Crippen molar-refractivity contribution in [1.82, 2.24) is 0 Å². The number of ether oxygens (including phenoxy) is 1. The first kappa shape index (κ1) is 7.81. The van der Waals surface area contributed by atoms with E-state index in [0.717, 1.165) is 5.92 Å². The van der Waals surface area contributed by atoms with Gasteiger partial charge in [0.15, 0.2) is 0 Å². The Morgan fingerprint density at radius 3 is 3.31 bits per heavy atom. The third-order valence-electron chi connectivity index (χ3n) is 4.03. The maximum atomic E-state index is 6.12. The molecule has 3 rings (SSSR count). The summed E-state index contributed by atoms with van der Waals surface area (Å²) >= 11 is 0. The number of hydrogen-bond acceptors (Lipinski definition) is 1. The Bertz CT molecular complexity index is 302. The lowest BCUT2D eigenvalue weighted by molar-refractivity contribution is -0.00573. The van der Waals surface area contributed by atoms with Crippen LogP contribution in [0.2, 0.25) is 0 Å². The van der Waals surface area contributed by atoms with Crippen molar-refractivity contribution in [2.45, 2.75) is 44.3 Å². The molecular formula is C12H16O. The fourth-order valence-electron chi connectivity index (χ4n) is 3.27. The van der Waals surface area contributed by atoms with E-state index in [2.05, 4.69) is 19.6 Å². The highest BCUT2D eigenvalue weighted by Gasteiger charge is 2.52. The Morgan fingerprint density at radius 1 is 1.62 bits per heavy atom. The van der Waals surface area contributed by atoms with Gasteiger partial charge >= 0.3 is 0 Å². The van der Waals surface area contributed by atoms with Crippen LogP contribution in [0.25, 0.3) is 0 Å². The summed E-state index contributed by atoms with van der Waals surface area (Å²) in [6.45, 7) is 6.29. The Hall–Kier alpha value is -0.560. The molecule has 3 atom stereocenters. The summed E-state index contributed by atoms with van der Waals surface area (Å²) in [5.41, 5.74) is 2.73. The molecule has 2 bridgehead atoms. The monoisotopic (exact) mass is 176 g/mol. The topological polar surface area (TPSA) is 9.23 Å². The Balaban J connectivity index is 2.09. The van der Waals surface area contributed by atoms with Crippen molar-refractivity contribution in [3.05, 3.63) is 23.8 Å². The van der Waals surface area contributed by atoms with E-state index in [4.69, 9.17) is 4.74 Å². The fraction of sp³-hybridized carbons (Fsp3) is 0.667. The lowest BCUT2D eigenvalue weighted by Crippen LogP contribution is -2.32. The molecule has 0 unspecified atom stereocenters. The summed E-state index contributed by atoms with van der Waals surface area (Å²) in [6, 6.07) is 0. The summed E-state index contributed by atoms with van der Waals surface area (Å²) in [4.78, 5) is 0.